The third-order valence-corrected chi connectivity index (χ3v) is 3.71. The molecule has 2 aromatic carbocycles. The van der Waals surface area contributed by atoms with Crippen LogP contribution in [0.2, 0.25) is 0 Å². The van der Waals surface area contributed by atoms with Crippen LogP contribution in [-0.4, -0.2) is 19.1 Å². The first-order valence-corrected chi connectivity index (χ1v) is 7.04. The van der Waals surface area contributed by atoms with E-state index in [4.69, 9.17) is 4.74 Å². The van der Waals surface area contributed by atoms with E-state index in [9.17, 15) is 4.79 Å². The number of anilines is 1. The summed E-state index contributed by atoms with van der Waals surface area (Å²) >= 11 is 4.38. The van der Waals surface area contributed by atoms with Crippen LogP contribution in [0.15, 0.2) is 53.4 Å². The van der Waals surface area contributed by atoms with Crippen LogP contribution in [0.25, 0.3) is 0 Å². The number of thiol groups is 1. The average molecular weight is 285 g/mol. The van der Waals surface area contributed by atoms with Gasteiger partial charge < -0.3 is 9.64 Å². The van der Waals surface area contributed by atoms with Crippen molar-refractivity contribution >= 4 is 24.2 Å². The Morgan fingerprint density at radius 1 is 1.10 bits per heavy atom. The Morgan fingerprint density at radius 2 is 1.85 bits per heavy atom. The number of carbonyl (C=O) groups is 1. The van der Waals surface area contributed by atoms with Gasteiger partial charge in [0.15, 0.2) is 0 Å². The van der Waals surface area contributed by atoms with Crippen molar-refractivity contribution in [2.75, 3.05) is 18.1 Å². The molecule has 0 unspecified atom stereocenters. The molecule has 102 valence electrons. The van der Waals surface area contributed by atoms with E-state index in [0.29, 0.717) is 23.6 Å². The van der Waals surface area contributed by atoms with Crippen LogP contribution >= 0.6 is 12.6 Å². The molecule has 0 aliphatic carbocycles. The Kier molecular flexibility index (Phi) is 3.65. The minimum Gasteiger partial charge on any atom is -0.491 e. The van der Waals surface area contributed by atoms with Crippen LogP contribution in [0.3, 0.4) is 0 Å². The first-order chi connectivity index (χ1) is 9.77. The minimum absolute atomic E-state index is 0.0337. The maximum absolute atomic E-state index is 12.8. The van der Waals surface area contributed by atoms with Gasteiger partial charge in [-0.1, -0.05) is 24.3 Å². The Balaban J connectivity index is 2.02. The zero-order valence-electron chi connectivity index (χ0n) is 11.0. The molecule has 1 aliphatic heterocycles. The summed E-state index contributed by atoms with van der Waals surface area (Å²) in [7, 11) is 0. The lowest BCUT2D eigenvalue weighted by atomic mass is 10.1. The summed E-state index contributed by atoms with van der Waals surface area (Å²) < 4.78 is 5.68. The highest BCUT2D eigenvalue weighted by Gasteiger charge is 2.23. The van der Waals surface area contributed by atoms with Gasteiger partial charge in [0.05, 0.1) is 17.9 Å². The molecule has 0 radical (unpaired) electrons. The summed E-state index contributed by atoms with van der Waals surface area (Å²) in [5.74, 6) is 0.726. The van der Waals surface area contributed by atoms with Gasteiger partial charge >= 0.3 is 0 Å². The molecule has 0 spiro atoms. The van der Waals surface area contributed by atoms with E-state index in [0.717, 1.165) is 17.9 Å². The Morgan fingerprint density at radius 3 is 2.70 bits per heavy atom. The van der Waals surface area contributed by atoms with Gasteiger partial charge in [0, 0.05) is 11.4 Å². The van der Waals surface area contributed by atoms with Gasteiger partial charge in [-0.05, 0) is 30.7 Å². The second-order valence-electron chi connectivity index (χ2n) is 4.64. The molecule has 3 nitrogen and oxygen atoms in total. The summed E-state index contributed by atoms with van der Waals surface area (Å²) in [6.07, 6.45) is 0.815. The van der Waals surface area contributed by atoms with Crippen LogP contribution in [0.1, 0.15) is 16.8 Å². The maximum Gasteiger partial charge on any atom is 0.259 e. The summed E-state index contributed by atoms with van der Waals surface area (Å²) in [6.45, 7) is 1.28. The number of hydrogen-bond donors (Lipinski definition) is 1. The molecule has 0 atom stereocenters. The average Bonchev–Trinajstić information content (AvgIpc) is 2.69. The molecular formula is C16H15NO2S. The molecular weight excluding hydrogens is 270 g/mol. The second kappa shape index (κ2) is 5.59. The molecule has 0 saturated carbocycles. The van der Waals surface area contributed by atoms with Gasteiger partial charge in [-0.3, -0.25) is 4.79 Å². The van der Waals surface area contributed by atoms with E-state index in [1.54, 1.807) is 11.0 Å². The molecule has 1 amide bonds. The fourth-order valence-corrected chi connectivity index (χ4v) is 2.59. The number of amides is 1. The van der Waals surface area contributed by atoms with Crippen molar-refractivity contribution in [3.05, 3.63) is 54.1 Å². The lowest BCUT2D eigenvalue weighted by Crippen LogP contribution is -2.31. The number of ether oxygens (including phenoxy) is 1. The van der Waals surface area contributed by atoms with Crippen molar-refractivity contribution in [2.45, 2.75) is 11.3 Å². The number of rotatable bonds is 1. The van der Waals surface area contributed by atoms with Crippen LogP contribution in [0.5, 0.6) is 5.75 Å². The number of fused-ring (bicyclic) bond motifs is 1. The highest BCUT2D eigenvalue weighted by molar-refractivity contribution is 7.80. The molecule has 0 aromatic heterocycles. The van der Waals surface area contributed by atoms with E-state index in [1.807, 2.05) is 42.5 Å². The van der Waals surface area contributed by atoms with E-state index in [1.165, 1.54) is 0 Å². The van der Waals surface area contributed by atoms with Gasteiger partial charge in [-0.15, -0.1) is 12.6 Å². The Hall–Kier alpha value is -1.94. The number of nitrogens with zero attached hydrogens (tertiary/aromatic N) is 1. The molecule has 1 aliphatic rings. The van der Waals surface area contributed by atoms with Gasteiger partial charge in [0.2, 0.25) is 0 Å². The zero-order chi connectivity index (χ0) is 13.9. The van der Waals surface area contributed by atoms with E-state index in [2.05, 4.69) is 12.6 Å². The number of benzene rings is 2. The van der Waals surface area contributed by atoms with Gasteiger partial charge in [0.1, 0.15) is 5.75 Å². The summed E-state index contributed by atoms with van der Waals surface area (Å²) in [5.41, 5.74) is 1.44. The molecule has 20 heavy (non-hydrogen) atoms. The molecule has 1 heterocycles. The standard InChI is InChI=1S/C16H15NO2S/c18-16(12-6-1-4-9-15(12)20)17-10-5-11-19-14-8-3-2-7-13(14)17/h1-4,6-9,20H,5,10-11H2. The minimum atomic E-state index is -0.0337. The normalized spacial score (nSPS) is 14.2. The molecule has 3 rings (SSSR count). The first-order valence-electron chi connectivity index (χ1n) is 6.59. The predicted octanol–water partition coefficient (Wildman–Crippen LogP) is 3.40. The van der Waals surface area contributed by atoms with E-state index >= 15 is 0 Å². The van der Waals surface area contributed by atoms with E-state index in [-0.39, 0.29) is 5.91 Å². The van der Waals surface area contributed by atoms with Crippen LogP contribution in [-0.2, 0) is 0 Å². The number of hydrogen-bond acceptors (Lipinski definition) is 3. The highest BCUT2D eigenvalue weighted by atomic mass is 32.1. The zero-order valence-corrected chi connectivity index (χ0v) is 11.8. The fourth-order valence-electron chi connectivity index (χ4n) is 2.34. The maximum atomic E-state index is 12.8. The molecule has 2 aromatic rings. The first kappa shape index (κ1) is 13.1. The van der Waals surface area contributed by atoms with Crippen molar-refractivity contribution in [3.63, 3.8) is 0 Å². The third-order valence-electron chi connectivity index (χ3n) is 3.32. The quantitative estimate of drug-likeness (QED) is 0.814. The van der Waals surface area contributed by atoms with Gasteiger partial charge in [-0.2, -0.15) is 0 Å². The molecule has 0 fully saturated rings. The van der Waals surface area contributed by atoms with Crippen molar-refractivity contribution < 1.29 is 9.53 Å². The van der Waals surface area contributed by atoms with Gasteiger partial charge in [0.25, 0.3) is 5.91 Å². The largest absolute Gasteiger partial charge is 0.491 e. The Bertz CT molecular complexity index is 642. The lowest BCUT2D eigenvalue weighted by molar-refractivity contribution is 0.0984. The second-order valence-corrected chi connectivity index (χ2v) is 5.13. The van der Waals surface area contributed by atoms with Crippen LogP contribution < -0.4 is 9.64 Å². The van der Waals surface area contributed by atoms with Crippen molar-refractivity contribution in [2.24, 2.45) is 0 Å². The van der Waals surface area contributed by atoms with Crippen molar-refractivity contribution in [1.82, 2.24) is 0 Å². The Labute approximate surface area is 123 Å². The monoisotopic (exact) mass is 285 g/mol. The van der Waals surface area contributed by atoms with Gasteiger partial charge in [-0.25, -0.2) is 0 Å². The number of para-hydroxylation sites is 2. The van der Waals surface area contributed by atoms with Crippen molar-refractivity contribution in [3.8, 4) is 5.75 Å². The van der Waals surface area contributed by atoms with Crippen LogP contribution in [0.4, 0.5) is 5.69 Å². The molecule has 0 saturated heterocycles. The highest BCUT2D eigenvalue weighted by Crippen LogP contribution is 2.32. The summed E-state index contributed by atoms with van der Waals surface area (Å²) in [5, 5.41) is 0. The topological polar surface area (TPSA) is 29.5 Å². The number of carbonyl (C=O) groups excluding carboxylic acids is 1. The fraction of sp³-hybridized carbons (Fsp3) is 0.188. The predicted molar refractivity (Wildman–Crippen MR) is 81.9 cm³/mol. The summed E-state index contributed by atoms with van der Waals surface area (Å²) in [4.78, 5) is 15.2. The molecule has 0 bridgehead atoms. The smallest absolute Gasteiger partial charge is 0.259 e. The van der Waals surface area contributed by atoms with E-state index < -0.39 is 0 Å². The third kappa shape index (κ3) is 2.39. The summed E-state index contributed by atoms with van der Waals surface area (Å²) in [6, 6.07) is 15.0. The molecule has 4 heteroatoms. The van der Waals surface area contributed by atoms with Crippen LogP contribution in [0, 0.1) is 0 Å². The lowest BCUT2D eigenvalue weighted by Gasteiger charge is -2.22. The molecule has 0 N–H and O–H groups in total. The SMILES string of the molecule is O=C(c1ccccc1S)N1CCCOc2ccccc21. The van der Waals surface area contributed by atoms with Crippen molar-refractivity contribution in [1.29, 1.82) is 0 Å².